The van der Waals surface area contributed by atoms with Gasteiger partial charge in [-0.15, -0.1) is 0 Å². The van der Waals surface area contributed by atoms with Gasteiger partial charge in [0.15, 0.2) is 0 Å². The first kappa shape index (κ1) is 26.3. The molecule has 3 aromatic rings. The van der Waals surface area contributed by atoms with Gasteiger partial charge in [-0.3, -0.25) is 9.59 Å². The first-order valence-electron chi connectivity index (χ1n) is 12.1. The Morgan fingerprint density at radius 1 is 1.09 bits per heavy atom. The molecule has 0 aliphatic heterocycles. The fourth-order valence-electron chi connectivity index (χ4n) is 4.06. The topological polar surface area (TPSA) is 58.2 Å². The number of benzene rings is 3. The van der Waals surface area contributed by atoms with Gasteiger partial charge in [-0.25, -0.2) is 0 Å². The lowest BCUT2D eigenvalue weighted by Gasteiger charge is -2.18. The van der Waals surface area contributed by atoms with Gasteiger partial charge in [-0.2, -0.15) is 0 Å². The average Bonchev–Trinajstić information content (AvgIpc) is 2.89. The first-order chi connectivity index (χ1) is 17.0. The van der Waals surface area contributed by atoms with Crippen LogP contribution >= 0.6 is 11.8 Å². The number of allylic oxidation sites excluding steroid dienone is 1. The Balaban J connectivity index is 1.81. The number of carbonyl (C=O) groups is 2. The minimum atomic E-state index is -0.309. The number of hydrogen-bond donors (Lipinski definition) is 2. The Morgan fingerprint density at radius 2 is 1.86 bits per heavy atom. The van der Waals surface area contributed by atoms with Gasteiger partial charge in [0.25, 0.3) is 5.91 Å². The third kappa shape index (κ3) is 6.86. The Labute approximate surface area is 212 Å². The predicted octanol–water partition coefficient (Wildman–Crippen LogP) is 7.32. The summed E-state index contributed by atoms with van der Waals surface area (Å²) in [6, 6.07) is 20.3. The van der Waals surface area contributed by atoms with Gasteiger partial charge in [0.05, 0.1) is 10.8 Å². The van der Waals surface area contributed by atoms with E-state index < -0.39 is 0 Å². The lowest BCUT2D eigenvalue weighted by atomic mass is 9.94. The van der Waals surface area contributed by atoms with Gasteiger partial charge in [-0.05, 0) is 65.6 Å². The third-order valence-corrected chi connectivity index (χ3v) is 6.91. The van der Waals surface area contributed by atoms with E-state index in [9.17, 15) is 9.59 Å². The zero-order chi connectivity index (χ0) is 25.2. The molecule has 4 nitrogen and oxygen atoms in total. The molecule has 5 heteroatoms. The molecule has 0 aliphatic rings. The molecule has 2 amide bonds. The van der Waals surface area contributed by atoms with Crippen LogP contribution in [0.15, 0.2) is 83.6 Å². The van der Waals surface area contributed by atoms with E-state index in [2.05, 4.69) is 48.4 Å². The second-order valence-corrected chi connectivity index (χ2v) is 9.50. The van der Waals surface area contributed by atoms with Gasteiger partial charge in [0, 0.05) is 12.2 Å². The lowest BCUT2D eigenvalue weighted by Crippen LogP contribution is -2.24. The van der Waals surface area contributed by atoms with Gasteiger partial charge >= 0.3 is 0 Å². The van der Waals surface area contributed by atoms with Crippen molar-refractivity contribution in [1.29, 1.82) is 0 Å². The van der Waals surface area contributed by atoms with Crippen molar-refractivity contribution in [2.75, 3.05) is 5.32 Å². The Morgan fingerprint density at radius 3 is 2.60 bits per heavy atom. The summed E-state index contributed by atoms with van der Waals surface area (Å²) < 4.78 is 0. The summed E-state index contributed by atoms with van der Waals surface area (Å²) in [4.78, 5) is 26.4. The number of aryl methyl sites for hydroxylation is 1. The van der Waals surface area contributed by atoms with Crippen molar-refractivity contribution < 1.29 is 9.59 Å². The van der Waals surface area contributed by atoms with Gasteiger partial charge in [-0.1, -0.05) is 92.4 Å². The molecule has 0 spiro atoms. The summed E-state index contributed by atoms with van der Waals surface area (Å²) in [5, 5.41) is 10.0. The molecule has 3 rings (SSSR count). The number of thioether (sulfide) groups is 1. The maximum absolute atomic E-state index is 13.4. The molecule has 182 valence electrons. The highest BCUT2D eigenvalue weighted by molar-refractivity contribution is 8.06. The number of fused-ring (bicyclic) bond motifs is 1. The monoisotopic (exact) mass is 486 g/mol. The molecule has 0 aliphatic carbocycles. The van der Waals surface area contributed by atoms with Crippen molar-refractivity contribution >= 4 is 40.0 Å². The van der Waals surface area contributed by atoms with Gasteiger partial charge < -0.3 is 10.6 Å². The summed E-state index contributed by atoms with van der Waals surface area (Å²) in [5.41, 5.74) is 3.87. The molecule has 0 fully saturated rings. The molecule has 0 bridgehead atoms. The van der Waals surface area contributed by atoms with Crippen LogP contribution in [0.5, 0.6) is 0 Å². The maximum Gasteiger partial charge on any atom is 0.257 e. The SMILES string of the molecule is C=CS/C(=C\C)C(=O)NCc1ccc(CCCC)c(NC(=O)C(C)c2cccc3ccccc23)c1. The van der Waals surface area contributed by atoms with Crippen molar-refractivity contribution in [1.82, 2.24) is 5.32 Å². The zero-order valence-electron chi connectivity index (χ0n) is 20.8. The van der Waals surface area contributed by atoms with Crippen LogP contribution in [0.3, 0.4) is 0 Å². The molecule has 1 unspecified atom stereocenters. The number of carbonyl (C=O) groups excluding carboxylic acids is 2. The normalized spacial score (nSPS) is 12.3. The van der Waals surface area contributed by atoms with Crippen LogP contribution in [-0.2, 0) is 22.6 Å². The van der Waals surface area contributed by atoms with Gasteiger partial charge in [0.2, 0.25) is 5.91 Å². The standard InChI is InChI=1S/C30H34N2O2S/c1-5-8-12-24-18-17-22(20-31-30(34)28(6-2)35-7-3)19-27(24)32-29(33)21(4)25-16-11-14-23-13-9-10-15-26(23)25/h6-7,9-11,13-19,21H,3,5,8,12,20H2,1-2,4H3,(H,31,34)(H,32,33)/b28-6-. The van der Waals surface area contributed by atoms with Crippen LogP contribution in [-0.4, -0.2) is 11.8 Å². The van der Waals surface area contributed by atoms with Crippen LogP contribution < -0.4 is 10.6 Å². The van der Waals surface area contributed by atoms with Crippen molar-refractivity contribution in [2.24, 2.45) is 0 Å². The number of unbranched alkanes of at least 4 members (excludes halogenated alkanes) is 1. The minimum absolute atomic E-state index is 0.0427. The highest BCUT2D eigenvalue weighted by Crippen LogP contribution is 2.28. The lowest BCUT2D eigenvalue weighted by molar-refractivity contribution is -0.117. The van der Waals surface area contributed by atoms with Crippen molar-refractivity contribution in [2.45, 2.75) is 52.5 Å². The molecule has 1 atom stereocenters. The van der Waals surface area contributed by atoms with E-state index in [-0.39, 0.29) is 17.7 Å². The summed E-state index contributed by atoms with van der Waals surface area (Å²) in [5.74, 6) is -0.488. The molecule has 0 aromatic heterocycles. The molecule has 0 saturated carbocycles. The van der Waals surface area contributed by atoms with E-state index in [1.54, 1.807) is 11.5 Å². The van der Waals surface area contributed by atoms with Crippen LogP contribution in [0, 0.1) is 0 Å². The second kappa shape index (κ2) is 13.0. The van der Waals surface area contributed by atoms with E-state index in [1.165, 1.54) is 11.8 Å². The van der Waals surface area contributed by atoms with Gasteiger partial charge in [0.1, 0.15) is 0 Å². The zero-order valence-corrected chi connectivity index (χ0v) is 21.6. The van der Waals surface area contributed by atoms with Crippen LogP contribution in [0.1, 0.15) is 56.2 Å². The third-order valence-electron chi connectivity index (χ3n) is 6.06. The Bertz CT molecular complexity index is 1230. The van der Waals surface area contributed by atoms with Crippen LogP contribution in [0.25, 0.3) is 10.8 Å². The molecule has 35 heavy (non-hydrogen) atoms. The fraction of sp³-hybridized carbons (Fsp3) is 0.267. The molecule has 0 saturated heterocycles. The summed E-state index contributed by atoms with van der Waals surface area (Å²) in [7, 11) is 0. The summed E-state index contributed by atoms with van der Waals surface area (Å²) in [6.07, 6.45) is 4.78. The van der Waals surface area contributed by atoms with E-state index in [0.717, 1.165) is 52.4 Å². The number of rotatable bonds is 11. The summed E-state index contributed by atoms with van der Waals surface area (Å²) >= 11 is 1.30. The van der Waals surface area contributed by atoms with Crippen LogP contribution in [0.2, 0.25) is 0 Å². The van der Waals surface area contributed by atoms with Crippen molar-refractivity contribution in [3.05, 3.63) is 100 Å². The predicted molar refractivity (Wildman–Crippen MR) is 149 cm³/mol. The Kier molecular flexibility index (Phi) is 9.74. The number of anilines is 1. The minimum Gasteiger partial charge on any atom is -0.348 e. The molecule has 2 N–H and O–H groups in total. The quantitative estimate of drug-likeness (QED) is 0.279. The fourth-order valence-corrected chi connectivity index (χ4v) is 4.55. The highest BCUT2D eigenvalue weighted by Gasteiger charge is 2.19. The number of nitrogens with one attached hydrogen (secondary N) is 2. The maximum atomic E-state index is 13.4. The molecule has 0 radical (unpaired) electrons. The summed E-state index contributed by atoms with van der Waals surface area (Å²) in [6.45, 7) is 9.99. The average molecular weight is 487 g/mol. The van der Waals surface area contributed by atoms with Crippen molar-refractivity contribution in [3.63, 3.8) is 0 Å². The number of amides is 2. The largest absolute Gasteiger partial charge is 0.348 e. The molecule has 3 aromatic carbocycles. The van der Waals surface area contributed by atoms with E-state index in [0.29, 0.717) is 11.4 Å². The Hall–Kier alpha value is -3.31. The number of hydrogen-bond acceptors (Lipinski definition) is 3. The highest BCUT2D eigenvalue weighted by atomic mass is 32.2. The smallest absolute Gasteiger partial charge is 0.257 e. The second-order valence-electron chi connectivity index (χ2n) is 8.49. The molecule has 0 heterocycles. The van der Waals surface area contributed by atoms with Crippen LogP contribution in [0.4, 0.5) is 5.69 Å². The molecular weight excluding hydrogens is 452 g/mol. The van der Waals surface area contributed by atoms with E-state index in [4.69, 9.17) is 0 Å². The van der Waals surface area contributed by atoms with Crippen molar-refractivity contribution in [3.8, 4) is 0 Å². The van der Waals surface area contributed by atoms with E-state index >= 15 is 0 Å². The molecular formula is C30H34N2O2S. The first-order valence-corrected chi connectivity index (χ1v) is 13.0. The van der Waals surface area contributed by atoms with E-state index in [1.807, 2.05) is 50.2 Å².